The maximum absolute atomic E-state index is 13.7. The summed E-state index contributed by atoms with van der Waals surface area (Å²) in [5.74, 6) is -0.513. The highest BCUT2D eigenvalue weighted by Crippen LogP contribution is 2.29. The molecular formula is C14H13FN2O3. The summed E-state index contributed by atoms with van der Waals surface area (Å²) in [5, 5.41) is 0. The third kappa shape index (κ3) is 2.80. The van der Waals surface area contributed by atoms with Crippen LogP contribution >= 0.6 is 0 Å². The minimum atomic E-state index is -0.748. The summed E-state index contributed by atoms with van der Waals surface area (Å²) in [7, 11) is 1.54. The number of ether oxygens (including phenoxy) is 2. The molecule has 20 heavy (non-hydrogen) atoms. The van der Waals surface area contributed by atoms with Gasteiger partial charge in [0.2, 0.25) is 0 Å². The van der Waals surface area contributed by atoms with E-state index in [1.54, 1.807) is 24.3 Å². The Morgan fingerprint density at radius 1 is 1.15 bits per heavy atom. The van der Waals surface area contributed by atoms with E-state index in [9.17, 15) is 9.18 Å². The number of amides is 1. The molecule has 2 aromatic rings. The molecule has 0 aliphatic rings. The van der Waals surface area contributed by atoms with Crippen LogP contribution in [-0.4, -0.2) is 13.0 Å². The molecule has 0 aromatic heterocycles. The van der Waals surface area contributed by atoms with Gasteiger partial charge < -0.3 is 20.9 Å². The molecule has 5 nitrogen and oxygen atoms in total. The summed E-state index contributed by atoms with van der Waals surface area (Å²) >= 11 is 0. The van der Waals surface area contributed by atoms with Crippen molar-refractivity contribution in [2.24, 2.45) is 5.73 Å². The second-order valence-corrected chi connectivity index (χ2v) is 4.01. The van der Waals surface area contributed by atoms with Gasteiger partial charge in [0.25, 0.3) is 5.91 Å². The Bertz CT molecular complexity index is 642. The Morgan fingerprint density at radius 3 is 2.30 bits per heavy atom. The molecule has 0 spiro atoms. The van der Waals surface area contributed by atoms with Crippen molar-refractivity contribution in [3.63, 3.8) is 0 Å². The highest BCUT2D eigenvalue weighted by molar-refractivity contribution is 5.98. The van der Waals surface area contributed by atoms with Crippen LogP contribution in [0.15, 0.2) is 36.4 Å². The number of anilines is 1. The Morgan fingerprint density at radius 2 is 1.75 bits per heavy atom. The van der Waals surface area contributed by atoms with Gasteiger partial charge in [-0.2, -0.15) is 0 Å². The molecule has 104 valence electrons. The van der Waals surface area contributed by atoms with Crippen molar-refractivity contribution in [3.05, 3.63) is 47.8 Å². The minimum absolute atomic E-state index is 0.00918. The number of nitrogens with two attached hydrogens (primary N) is 2. The average molecular weight is 276 g/mol. The lowest BCUT2D eigenvalue weighted by Gasteiger charge is -2.10. The number of methoxy groups -OCH3 is 1. The van der Waals surface area contributed by atoms with Gasteiger partial charge in [-0.25, -0.2) is 4.39 Å². The smallest absolute Gasteiger partial charge is 0.250 e. The fourth-order valence-electron chi connectivity index (χ4n) is 1.63. The molecule has 1 amide bonds. The summed E-state index contributed by atoms with van der Waals surface area (Å²) in [5.41, 5.74) is 10.6. The quantitative estimate of drug-likeness (QED) is 0.839. The van der Waals surface area contributed by atoms with E-state index >= 15 is 0 Å². The molecule has 2 rings (SSSR count). The van der Waals surface area contributed by atoms with Crippen LogP contribution in [0.4, 0.5) is 10.1 Å². The summed E-state index contributed by atoms with van der Waals surface area (Å²) in [4.78, 5) is 11.2. The molecule has 6 heteroatoms. The lowest BCUT2D eigenvalue weighted by Crippen LogP contribution is -2.14. The zero-order valence-electron chi connectivity index (χ0n) is 10.7. The van der Waals surface area contributed by atoms with Gasteiger partial charge in [0.15, 0.2) is 11.6 Å². The third-order valence-corrected chi connectivity index (χ3v) is 2.66. The predicted octanol–water partition coefficient (Wildman–Crippen LogP) is 2.31. The fourth-order valence-corrected chi connectivity index (χ4v) is 1.63. The first kappa shape index (κ1) is 13.7. The van der Waals surface area contributed by atoms with E-state index in [2.05, 4.69) is 0 Å². The summed E-state index contributed by atoms with van der Waals surface area (Å²) in [6.45, 7) is 0. The van der Waals surface area contributed by atoms with Gasteiger partial charge in [-0.05, 0) is 30.3 Å². The van der Waals surface area contributed by atoms with Crippen molar-refractivity contribution in [2.75, 3.05) is 12.8 Å². The molecule has 0 aliphatic heterocycles. The Kier molecular flexibility index (Phi) is 3.74. The first-order valence-electron chi connectivity index (χ1n) is 5.72. The second kappa shape index (κ2) is 5.48. The molecule has 0 radical (unpaired) electrons. The molecule has 2 aromatic carbocycles. The van der Waals surface area contributed by atoms with Gasteiger partial charge in [-0.3, -0.25) is 4.79 Å². The Hall–Kier alpha value is -2.76. The second-order valence-electron chi connectivity index (χ2n) is 4.01. The maximum Gasteiger partial charge on any atom is 0.250 e. The minimum Gasteiger partial charge on any atom is -0.497 e. The van der Waals surface area contributed by atoms with Crippen molar-refractivity contribution in [3.8, 4) is 17.2 Å². The number of benzene rings is 2. The fraction of sp³-hybridized carbons (Fsp3) is 0.0714. The first-order chi connectivity index (χ1) is 9.51. The highest BCUT2D eigenvalue weighted by atomic mass is 19.1. The molecule has 0 fully saturated rings. The van der Waals surface area contributed by atoms with Crippen LogP contribution < -0.4 is 20.9 Å². The van der Waals surface area contributed by atoms with Crippen molar-refractivity contribution < 1.29 is 18.7 Å². The molecule has 0 bridgehead atoms. The van der Waals surface area contributed by atoms with Gasteiger partial charge in [-0.15, -0.1) is 0 Å². The maximum atomic E-state index is 13.7. The van der Waals surface area contributed by atoms with Gasteiger partial charge >= 0.3 is 0 Å². The molecule has 0 aliphatic carbocycles. The van der Waals surface area contributed by atoms with Crippen LogP contribution in [0.25, 0.3) is 0 Å². The number of carbonyl (C=O) groups excluding carboxylic acids is 1. The zero-order valence-corrected chi connectivity index (χ0v) is 10.7. The van der Waals surface area contributed by atoms with Gasteiger partial charge in [0.05, 0.1) is 12.7 Å². The monoisotopic (exact) mass is 276 g/mol. The van der Waals surface area contributed by atoms with E-state index in [4.69, 9.17) is 20.9 Å². The summed E-state index contributed by atoms with van der Waals surface area (Å²) in [6.07, 6.45) is 0. The lowest BCUT2D eigenvalue weighted by molar-refractivity contribution is 0.100. The summed E-state index contributed by atoms with van der Waals surface area (Å²) < 4.78 is 24.1. The van der Waals surface area contributed by atoms with Crippen molar-refractivity contribution >= 4 is 11.6 Å². The molecule has 0 saturated heterocycles. The van der Waals surface area contributed by atoms with E-state index < -0.39 is 11.7 Å². The zero-order chi connectivity index (χ0) is 14.7. The molecule has 0 heterocycles. The highest BCUT2D eigenvalue weighted by Gasteiger charge is 2.13. The Labute approximate surface area is 114 Å². The van der Waals surface area contributed by atoms with Crippen LogP contribution in [-0.2, 0) is 0 Å². The average Bonchev–Trinajstić information content (AvgIpc) is 2.42. The van der Waals surface area contributed by atoms with Crippen molar-refractivity contribution in [2.45, 2.75) is 0 Å². The molecule has 0 saturated carbocycles. The number of carbonyl (C=O) groups is 1. The van der Waals surface area contributed by atoms with E-state index in [1.807, 2.05) is 0 Å². The molecule has 4 N–H and O–H groups in total. The van der Waals surface area contributed by atoms with Gasteiger partial charge in [0, 0.05) is 11.8 Å². The van der Waals surface area contributed by atoms with Crippen molar-refractivity contribution in [1.29, 1.82) is 0 Å². The van der Waals surface area contributed by atoms with E-state index in [0.717, 1.165) is 6.07 Å². The van der Waals surface area contributed by atoms with E-state index in [0.29, 0.717) is 11.5 Å². The number of primary amides is 1. The lowest BCUT2D eigenvalue weighted by atomic mass is 10.1. The van der Waals surface area contributed by atoms with Crippen LogP contribution in [0.5, 0.6) is 17.2 Å². The number of hydrogen-bond donors (Lipinski definition) is 2. The standard InChI is InChI=1S/C14H13FN2O3/c1-19-8-2-4-9(5-3-8)20-13-6-10(14(17)18)12(16)7-11(13)15/h2-7H,16H2,1H3,(H2,17,18). The molecule has 0 atom stereocenters. The number of rotatable bonds is 4. The predicted molar refractivity (Wildman–Crippen MR) is 72.4 cm³/mol. The largest absolute Gasteiger partial charge is 0.497 e. The summed E-state index contributed by atoms with van der Waals surface area (Å²) in [6, 6.07) is 8.73. The normalized spacial score (nSPS) is 10.1. The molecular weight excluding hydrogens is 263 g/mol. The number of hydrogen-bond acceptors (Lipinski definition) is 4. The van der Waals surface area contributed by atoms with Crippen LogP contribution in [0, 0.1) is 5.82 Å². The molecule has 0 unspecified atom stereocenters. The first-order valence-corrected chi connectivity index (χ1v) is 5.72. The Balaban J connectivity index is 2.32. The van der Waals surface area contributed by atoms with Crippen LogP contribution in [0.2, 0.25) is 0 Å². The number of halogens is 1. The topological polar surface area (TPSA) is 87.6 Å². The van der Waals surface area contributed by atoms with Crippen LogP contribution in [0.1, 0.15) is 10.4 Å². The van der Waals surface area contributed by atoms with Gasteiger partial charge in [-0.1, -0.05) is 0 Å². The van der Waals surface area contributed by atoms with Crippen molar-refractivity contribution in [1.82, 2.24) is 0 Å². The van der Waals surface area contributed by atoms with E-state index in [-0.39, 0.29) is 17.0 Å². The third-order valence-electron chi connectivity index (χ3n) is 2.66. The van der Waals surface area contributed by atoms with Crippen LogP contribution in [0.3, 0.4) is 0 Å². The van der Waals surface area contributed by atoms with E-state index in [1.165, 1.54) is 13.2 Å². The number of nitrogen functional groups attached to an aromatic ring is 1. The SMILES string of the molecule is COc1ccc(Oc2cc(C(N)=O)c(N)cc2F)cc1. The van der Waals surface area contributed by atoms with Gasteiger partial charge in [0.1, 0.15) is 11.5 Å².